The monoisotopic (exact) mass is 492 g/mol. The van der Waals surface area contributed by atoms with Crippen LogP contribution in [0.25, 0.3) is 0 Å². The normalized spacial score (nSPS) is 27.7. The molecule has 2 amide bonds. The van der Waals surface area contributed by atoms with Crippen molar-refractivity contribution in [1.29, 1.82) is 0 Å². The van der Waals surface area contributed by atoms with Crippen LogP contribution >= 0.6 is 0 Å². The van der Waals surface area contributed by atoms with Crippen LogP contribution in [0.5, 0.6) is 0 Å². The van der Waals surface area contributed by atoms with E-state index >= 15 is 0 Å². The van der Waals surface area contributed by atoms with Crippen LogP contribution in [0.1, 0.15) is 77.0 Å². The van der Waals surface area contributed by atoms with Crippen molar-refractivity contribution < 1.29 is 9.59 Å². The van der Waals surface area contributed by atoms with Gasteiger partial charge < -0.3 is 32.7 Å². The van der Waals surface area contributed by atoms with Crippen LogP contribution < -0.4 is 32.7 Å². The number of nitrogens with one attached hydrogen (secondary N) is 4. The molecule has 0 aromatic carbocycles. The van der Waals surface area contributed by atoms with Crippen LogP contribution in [0, 0.1) is 29.6 Å². The second kappa shape index (κ2) is 15.8. The molecule has 4 fully saturated rings. The first-order chi connectivity index (χ1) is 17.1. The highest BCUT2D eigenvalue weighted by atomic mass is 16.2. The molecule has 8 N–H and O–H groups in total. The maximum absolute atomic E-state index is 12.8. The highest BCUT2D eigenvalue weighted by Gasteiger charge is 2.50. The number of unbranched alkanes of at least 4 members (excludes halogenated alkanes) is 2. The molecule has 0 aromatic heterocycles. The van der Waals surface area contributed by atoms with Crippen LogP contribution in [-0.4, -0.2) is 63.7 Å². The molecule has 0 radical (unpaired) electrons. The Labute approximate surface area is 212 Å². The van der Waals surface area contributed by atoms with Gasteiger partial charge in [0, 0.05) is 19.0 Å². The molecule has 0 unspecified atom stereocenters. The lowest BCUT2D eigenvalue weighted by molar-refractivity contribution is -0.138. The van der Waals surface area contributed by atoms with Gasteiger partial charge in [0.05, 0.1) is 6.04 Å². The van der Waals surface area contributed by atoms with E-state index in [1.807, 2.05) is 0 Å². The number of hydrogen-bond donors (Lipinski definition) is 6. The summed E-state index contributed by atoms with van der Waals surface area (Å²) in [5.41, 5.74) is 11.5. The second-order valence-electron chi connectivity index (χ2n) is 11.3. The minimum Gasteiger partial charge on any atom is -0.356 e. The second-order valence-corrected chi connectivity index (χ2v) is 11.3. The van der Waals surface area contributed by atoms with Gasteiger partial charge in [-0.1, -0.05) is 0 Å². The van der Waals surface area contributed by atoms with Crippen molar-refractivity contribution in [3.63, 3.8) is 0 Å². The molecule has 202 valence electrons. The molecule has 8 nitrogen and oxygen atoms in total. The molecule has 4 rings (SSSR count). The summed E-state index contributed by atoms with van der Waals surface area (Å²) in [6.07, 6.45) is 13.2. The smallest absolute Gasteiger partial charge is 0.236 e. The third-order valence-electron chi connectivity index (χ3n) is 8.45. The Kier molecular flexibility index (Phi) is 12.8. The summed E-state index contributed by atoms with van der Waals surface area (Å²) >= 11 is 0. The summed E-state index contributed by atoms with van der Waals surface area (Å²) in [6, 6.07) is -0.463. The zero-order chi connectivity index (χ0) is 24.9. The molecular weight excluding hydrogens is 440 g/mol. The lowest BCUT2D eigenvalue weighted by Gasteiger charge is -2.53. The highest BCUT2D eigenvalue weighted by molar-refractivity contribution is 5.81. The molecule has 0 aromatic rings. The molecule has 0 aliphatic heterocycles. The molecule has 8 heteroatoms. The van der Waals surface area contributed by atoms with E-state index in [9.17, 15) is 9.59 Å². The van der Waals surface area contributed by atoms with Crippen LogP contribution in [0.4, 0.5) is 0 Å². The van der Waals surface area contributed by atoms with Crippen molar-refractivity contribution >= 4 is 11.8 Å². The third kappa shape index (κ3) is 9.63. The van der Waals surface area contributed by atoms with E-state index in [0.717, 1.165) is 83.1 Å². The Balaban J connectivity index is 1.11. The Bertz CT molecular complexity index is 603. The zero-order valence-corrected chi connectivity index (χ0v) is 21.9. The van der Waals surface area contributed by atoms with Crippen molar-refractivity contribution in [3.8, 4) is 0 Å². The Morgan fingerprint density at radius 3 is 1.86 bits per heavy atom. The first-order valence-corrected chi connectivity index (χ1v) is 14.5. The summed E-state index contributed by atoms with van der Waals surface area (Å²) in [6.45, 7) is 6.06. The van der Waals surface area contributed by atoms with Crippen molar-refractivity contribution in [3.05, 3.63) is 0 Å². The van der Waals surface area contributed by atoms with Gasteiger partial charge in [-0.25, -0.2) is 0 Å². The number of hydrogen-bond acceptors (Lipinski definition) is 6. The molecule has 4 saturated carbocycles. The summed E-state index contributed by atoms with van der Waals surface area (Å²) in [5.74, 6) is 3.54. The molecule has 35 heavy (non-hydrogen) atoms. The quantitative estimate of drug-likeness (QED) is 0.151. The lowest BCUT2D eigenvalue weighted by atomic mass is 9.51. The highest BCUT2D eigenvalue weighted by Crippen LogP contribution is 2.56. The largest absolute Gasteiger partial charge is 0.356 e. The van der Waals surface area contributed by atoms with E-state index in [1.54, 1.807) is 0 Å². The lowest BCUT2D eigenvalue weighted by Crippen LogP contribution is -2.51. The van der Waals surface area contributed by atoms with Crippen LogP contribution in [0.2, 0.25) is 0 Å². The predicted molar refractivity (Wildman–Crippen MR) is 142 cm³/mol. The van der Waals surface area contributed by atoms with Crippen molar-refractivity contribution in [2.24, 2.45) is 41.1 Å². The first kappa shape index (κ1) is 28.4. The molecule has 0 spiro atoms. The first-order valence-electron chi connectivity index (χ1n) is 14.5. The van der Waals surface area contributed by atoms with Gasteiger partial charge in [-0.05, 0) is 133 Å². The summed E-state index contributed by atoms with van der Waals surface area (Å²) < 4.78 is 0. The Hall–Kier alpha value is -1.22. The maximum Gasteiger partial charge on any atom is 0.236 e. The van der Waals surface area contributed by atoms with Gasteiger partial charge in [-0.15, -0.1) is 0 Å². The van der Waals surface area contributed by atoms with Gasteiger partial charge in [0.1, 0.15) is 0 Å². The van der Waals surface area contributed by atoms with Crippen molar-refractivity contribution in [1.82, 2.24) is 21.3 Å². The minimum absolute atomic E-state index is 0.0637. The topological polar surface area (TPSA) is 134 Å². The molecular formula is C27H52N6O2. The molecule has 4 bridgehead atoms. The van der Waals surface area contributed by atoms with E-state index in [4.69, 9.17) is 11.5 Å². The fourth-order valence-electron chi connectivity index (χ4n) is 6.84. The molecule has 4 aliphatic rings. The Morgan fingerprint density at radius 2 is 1.23 bits per heavy atom. The van der Waals surface area contributed by atoms with Gasteiger partial charge in [0.2, 0.25) is 11.8 Å². The fourth-order valence-corrected chi connectivity index (χ4v) is 6.84. The van der Waals surface area contributed by atoms with E-state index in [2.05, 4.69) is 21.3 Å². The van der Waals surface area contributed by atoms with Crippen molar-refractivity contribution in [2.45, 2.75) is 83.1 Å². The number of nitrogens with two attached hydrogens (primary N) is 2. The number of amides is 2. The standard InChI is InChI=1S/C27H52N6O2/c28-8-5-11-30-9-3-4-10-31-12-6-14-32-26(34)24(29)7-1-2-13-33-27(35)25-22-16-20-15-21(18-22)19-23(25)17-20/h20-25,30-31H,1-19,28-29H2,(H,32,34)(H,33,35)/t20?,21?,22?,23?,24-,25?/m0/s1. The predicted octanol–water partition coefficient (Wildman–Crippen LogP) is 1.49. The zero-order valence-electron chi connectivity index (χ0n) is 21.9. The van der Waals surface area contributed by atoms with Gasteiger partial charge in [-0.3, -0.25) is 9.59 Å². The van der Waals surface area contributed by atoms with E-state index in [-0.39, 0.29) is 17.7 Å². The van der Waals surface area contributed by atoms with E-state index < -0.39 is 6.04 Å². The average Bonchev–Trinajstić information content (AvgIpc) is 2.83. The van der Waals surface area contributed by atoms with Crippen LogP contribution in [0.3, 0.4) is 0 Å². The van der Waals surface area contributed by atoms with Gasteiger partial charge in [0.25, 0.3) is 0 Å². The van der Waals surface area contributed by atoms with Crippen LogP contribution in [-0.2, 0) is 9.59 Å². The van der Waals surface area contributed by atoms with Gasteiger partial charge >= 0.3 is 0 Å². The van der Waals surface area contributed by atoms with E-state index in [0.29, 0.717) is 31.3 Å². The minimum atomic E-state index is -0.463. The SMILES string of the molecule is NCCCNCCCCNCCCNC(=O)[C@@H](N)CCCCNC(=O)C1C2CC3CC(C2)CC1C3. The molecule has 0 saturated heterocycles. The molecule has 4 aliphatic carbocycles. The molecule has 1 atom stereocenters. The number of carbonyl (C=O) groups is 2. The summed E-state index contributed by atoms with van der Waals surface area (Å²) in [4.78, 5) is 25.0. The Morgan fingerprint density at radius 1 is 0.686 bits per heavy atom. The fraction of sp³-hybridized carbons (Fsp3) is 0.926. The summed E-state index contributed by atoms with van der Waals surface area (Å²) in [7, 11) is 0. The van der Waals surface area contributed by atoms with E-state index in [1.165, 1.54) is 32.1 Å². The number of rotatable bonds is 19. The number of carbonyl (C=O) groups excluding carboxylic acids is 2. The maximum atomic E-state index is 12.8. The molecule has 0 heterocycles. The average molecular weight is 493 g/mol. The van der Waals surface area contributed by atoms with Gasteiger partial charge in [0.15, 0.2) is 0 Å². The van der Waals surface area contributed by atoms with Crippen LogP contribution in [0.15, 0.2) is 0 Å². The van der Waals surface area contributed by atoms with Gasteiger partial charge in [-0.2, -0.15) is 0 Å². The van der Waals surface area contributed by atoms with Crippen molar-refractivity contribution in [2.75, 3.05) is 45.8 Å². The third-order valence-corrected chi connectivity index (χ3v) is 8.45. The summed E-state index contributed by atoms with van der Waals surface area (Å²) in [5, 5.41) is 13.0.